The number of oxime groups is 1. The maximum Gasteiger partial charge on any atom is 0.106 e. The summed E-state index contributed by atoms with van der Waals surface area (Å²) in [7, 11) is 1.54. The van der Waals surface area contributed by atoms with Crippen molar-refractivity contribution in [1.82, 2.24) is 4.98 Å². The highest BCUT2D eigenvalue weighted by Crippen LogP contribution is 2.12. The maximum absolute atomic E-state index is 4.65. The fourth-order valence-electron chi connectivity index (χ4n) is 0.827. The van der Waals surface area contributed by atoms with Gasteiger partial charge in [0.25, 0.3) is 0 Å². The number of rotatable bonds is 2. The number of halogens is 1. The molecule has 3 nitrogen and oxygen atoms in total. The van der Waals surface area contributed by atoms with E-state index >= 15 is 0 Å². The van der Waals surface area contributed by atoms with E-state index < -0.39 is 0 Å². The quantitative estimate of drug-likeness (QED) is 0.550. The van der Waals surface area contributed by atoms with Crippen molar-refractivity contribution in [3.63, 3.8) is 0 Å². The SMILES string of the molecule is CO/N=C(\C)c1scnc1C.Cl. The smallest absolute Gasteiger partial charge is 0.106 e. The first-order chi connectivity index (χ1) is 5.25. The molecule has 0 N–H and O–H groups in total. The Morgan fingerprint density at radius 2 is 2.33 bits per heavy atom. The van der Waals surface area contributed by atoms with Crippen LogP contribution in [0.3, 0.4) is 0 Å². The van der Waals surface area contributed by atoms with Crippen molar-refractivity contribution < 1.29 is 4.84 Å². The van der Waals surface area contributed by atoms with Gasteiger partial charge in [-0.25, -0.2) is 4.98 Å². The lowest BCUT2D eigenvalue weighted by atomic mass is 10.3. The van der Waals surface area contributed by atoms with Gasteiger partial charge in [-0.15, -0.1) is 23.7 Å². The van der Waals surface area contributed by atoms with Crippen LogP contribution in [0.4, 0.5) is 0 Å². The zero-order valence-electron chi connectivity index (χ0n) is 7.20. The first-order valence-corrected chi connectivity index (χ1v) is 4.12. The minimum absolute atomic E-state index is 0. The molecule has 0 fully saturated rings. The van der Waals surface area contributed by atoms with Crippen molar-refractivity contribution in [3.8, 4) is 0 Å². The molecule has 5 heteroatoms. The topological polar surface area (TPSA) is 34.5 Å². The van der Waals surface area contributed by atoms with Crippen molar-refractivity contribution >= 4 is 29.5 Å². The van der Waals surface area contributed by atoms with Crippen molar-refractivity contribution in [2.24, 2.45) is 5.16 Å². The Labute approximate surface area is 81.9 Å². The van der Waals surface area contributed by atoms with E-state index in [4.69, 9.17) is 0 Å². The lowest BCUT2D eigenvalue weighted by Gasteiger charge is -1.94. The molecular weight excluding hydrogens is 196 g/mol. The molecule has 1 aromatic rings. The van der Waals surface area contributed by atoms with Gasteiger partial charge in [-0.3, -0.25) is 0 Å². The van der Waals surface area contributed by atoms with Gasteiger partial charge in [0.15, 0.2) is 0 Å². The second-order valence-corrected chi connectivity index (χ2v) is 2.98. The summed E-state index contributed by atoms with van der Waals surface area (Å²) in [6.07, 6.45) is 0. The molecule has 1 rings (SSSR count). The average Bonchev–Trinajstić information content (AvgIpc) is 2.36. The van der Waals surface area contributed by atoms with Crippen LogP contribution < -0.4 is 0 Å². The number of aromatic nitrogens is 1. The Morgan fingerprint density at radius 3 is 2.75 bits per heavy atom. The summed E-state index contributed by atoms with van der Waals surface area (Å²) in [6.45, 7) is 3.87. The Hall–Kier alpha value is -0.610. The monoisotopic (exact) mass is 206 g/mol. The van der Waals surface area contributed by atoms with Crippen molar-refractivity contribution in [3.05, 3.63) is 16.1 Å². The lowest BCUT2D eigenvalue weighted by molar-refractivity contribution is 0.213. The molecule has 0 saturated carbocycles. The van der Waals surface area contributed by atoms with Gasteiger partial charge >= 0.3 is 0 Å². The van der Waals surface area contributed by atoms with Crippen LogP contribution in [0.25, 0.3) is 0 Å². The summed E-state index contributed by atoms with van der Waals surface area (Å²) in [4.78, 5) is 9.84. The Balaban J connectivity index is 0.00000121. The summed E-state index contributed by atoms with van der Waals surface area (Å²) in [5.41, 5.74) is 3.69. The van der Waals surface area contributed by atoms with E-state index in [1.165, 1.54) is 0 Å². The second kappa shape index (κ2) is 5.11. The van der Waals surface area contributed by atoms with Gasteiger partial charge in [-0.2, -0.15) is 0 Å². The normalized spacial score (nSPS) is 10.8. The minimum Gasteiger partial charge on any atom is -0.399 e. The third kappa shape index (κ3) is 2.46. The van der Waals surface area contributed by atoms with Gasteiger partial charge in [0, 0.05) is 0 Å². The summed E-state index contributed by atoms with van der Waals surface area (Å²) in [6, 6.07) is 0. The van der Waals surface area contributed by atoms with Gasteiger partial charge in [0.2, 0.25) is 0 Å². The van der Waals surface area contributed by atoms with Crippen LogP contribution in [-0.4, -0.2) is 17.8 Å². The van der Waals surface area contributed by atoms with E-state index in [9.17, 15) is 0 Å². The summed E-state index contributed by atoms with van der Waals surface area (Å²) in [5.74, 6) is 0. The van der Waals surface area contributed by atoms with Crippen LogP contribution >= 0.6 is 23.7 Å². The average molecular weight is 207 g/mol. The van der Waals surface area contributed by atoms with Crippen molar-refractivity contribution in [1.29, 1.82) is 0 Å². The maximum atomic E-state index is 4.65. The molecular formula is C7H11ClN2OS. The van der Waals surface area contributed by atoms with Gasteiger partial charge in [-0.05, 0) is 13.8 Å². The summed E-state index contributed by atoms with van der Waals surface area (Å²) in [5, 5.41) is 3.81. The Morgan fingerprint density at radius 1 is 1.67 bits per heavy atom. The highest BCUT2D eigenvalue weighted by Gasteiger charge is 2.04. The van der Waals surface area contributed by atoms with Crippen molar-refractivity contribution in [2.45, 2.75) is 13.8 Å². The zero-order chi connectivity index (χ0) is 8.27. The molecule has 68 valence electrons. The van der Waals surface area contributed by atoms with Crippen LogP contribution in [0.2, 0.25) is 0 Å². The van der Waals surface area contributed by atoms with Gasteiger partial charge in [0.05, 0.1) is 21.8 Å². The minimum atomic E-state index is 0. The highest BCUT2D eigenvalue weighted by molar-refractivity contribution is 7.12. The summed E-state index contributed by atoms with van der Waals surface area (Å²) >= 11 is 1.58. The molecule has 0 bridgehead atoms. The third-order valence-electron chi connectivity index (χ3n) is 1.30. The van der Waals surface area contributed by atoms with Crippen LogP contribution in [0.1, 0.15) is 17.5 Å². The molecule has 0 saturated heterocycles. The first kappa shape index (κ1) is 11.4. The van der Waals surface area contributed by atoms with Crippen LogP contribution in [0, 0.1) is 6.92 Å². The molecule has 1 aromatic heterocycles. The predicted octanol–water partition coefficient (Wildman–Crippen LogP) is 2.24. The number of hydrogen-bond donors (Lipinski definition) is 0. The highest BCUT2D eigenvalue weighted by atomic mass is 35.5. The summed E-state index contributed by atoms with van der Waals surface area (Å²) < 4.78 is 0. The van der Waals surface area contributed by atoms with E-state index in [1.54, 1.807) is 24.0 Å². The fourth-order valence-corrected chi connectivity index (χ4v) is 1.57. The van der Waals surface area contributed by atoms with E-state index in [0.29, 0.717) is 0 Å². The first-order valence-electron chi connectivity index (χ1n) is 3.24. The second-order valence-electron chi connectivity index (χ2n) is 2.13. The third-order valence-corrected chi connectivity index (χ3v) is 2.34. The molecule has 0 aliphatic rings. The van der Waals surface area contributed by atoms with Gasteiger partial charge in [-0.1, -0.05) is 5.16 Å². The molecule has 12 heavy (non-hydrogen) atoms. The van der Waals surface area contributed by atoms with Gasteiger partial charge in [0.1, 0.15) is 7.11 Å². The van der Waals surface area contributed by atoms with Gasteiger partial charge < -0.3 is 4.84 Å². The van der Waals surface area contributed by atoms with Crippen LogP contribution in [-0.2, 0) is 4.84 Å². The molecule has 0 aliphatic carbocycles. The Kier molecular flexibility index (Phi) is 4.85. The predicted molar refractivity (Wildman–Crippen MR) is 53.3 cm³/mol. The molecule has 1 heterocycles. The number of thiazole rings is 1. The fraction of sp³-hybridized carbons (Fsp3) is 0.429. The van der Waals surface area contributed by atoms with E-state index in [2.05, 4.69) is 15.0 Å². The molecule has 0 aromatic carbocycles. The molecule has 0 atom stereocenters. The van der Waals surface area contributed by atoms with E-state index in [0.717, 1.165) is 16.3 Å². The molecule has 0 radical (unpaired) electrons. The number of nitrogens with zero attached hydrogens (tertiary/aromatic N) is 2. The Bertz CT molecular complexity index is 272. The van der Waals surface area contributed by atoms with E-state index in [1.807, 2.05) is 13.8 Å². The molecule has 0 amide bonds. The van der Waals surface area contributed by atoms with Crippen LogP contribution in [0.15, 0.2) is 10.7 Å². The zero-order valence-corrected chi connectivity index (χ0v) is 8.83. The lowest BCUT2D eigenvalue weighted by Crippen LogP contribution is -1.94. The number of aryl methyl sites for hydroxylation is 1. The van der Waals surface area contributed by atoms with Crippen molar-refractivity contribution in [2.75, 3.05) is 7.11 Å². The van der Waals surface area contributed by atoms with E-state index in [-0.39, 0.29) is 12.4 Å². The number of hydrogen-bond acceptors (Lipinski definition) is 4. The molecule has 0 spiro atoms. The molecule has 0 aliphatic heterocycles. The largest absolute Gasteiger partial charge is 0.399 e. The molecule has 0 unspecified atom stereocenters. The standard InChI is InChI=1S/C7H10N2OS.ClH/c1-5-7(11-4-8-5)6(2)9-10-3;/h4H,1-3H3;1H/b9-6+;. The van der Waals surface area contributed by atoms with Crippen LogP contribution in [0.5, 0.6) is 0 Å².